The summed E-state index contributed by atoms with van der Waals surface area (Å²) in [6, 6.07) is 22.8. The highest BCUT2D eigenvalue weighted by atomic mass is 16.2. The van der Waals surface area contributed by atoms with Crippen molar-refractivity contribution in [3.8, 4) is 0 Å². The minimum atomic E-state index is -0.483. The first kappa shape index (κ1) is 20.9. The van der Waals surface area contributed by atoms with E-state index in [0.717, 1.165) is 16.7 Å². The molecular weight excluding hydrogens is 376 g/mol. The van der Waals surface area contributed by atoms with Gasteiger partial charge in [-0.1, -0.05) is 66.7 Å². The van der Waals surface area contributed by atoms with E-state index in [1.807, 2.05) is 72.8 Å². The summed E-state index contributed by atoms with van der Waals surface area (Å²) < 4.78 is 0. The molecule has 0 bridgehead atoms. The van der Waals surface area contributed by atoms with E-state index in [-0.39, 0.29) is 18.2 Å². The average molecular weight is 400 g/mol. The van der Waals surface area contributed by atoms with Gasteiger partial charge in [-0.05, 0) is 29.7 Å². The summed E-state index contributed by atoms with van der Waals surface area (Å²) in [5.74, 6) is -0.900. The topological polar surface area (TPSA) is 83.4 Å². The number of amides is 2. The molecule has 0 aliphatic rings. The first-order chi connectivity index (χ1) is 14.6. The Hall–Kier alpha value is -3.80. The van der Waals surface area contributed by atoms with Crippen LogP contribution in [0.5, 0.6) is 0 Å². The summed E-state index contributed by atoms with van der Waals surface area (Å²) in [6.07, 6.45) is 3.49. The van der Waals surface area contributed by atoms with Gasteiger partial charge in [0.2, 0.25) is 5.91 Å². The number of carbonyl (C=O) groups is 2. The number of aromatic nitrogens is 1. The van der Waals surface area contributed by atoms with Crippen molar-refractivity contribution in [2.45, 2.75) is 25.8 Å². The second kappa shape index (κ2) is 10.7. The maximum Gasteiger partial charge on any atom is 0.252 e. The van der Waals surface area contributed by atoms with Crippen LogP contribution in [0.2, 0.25) is 0 Å². The van der Waals surface area contributed by atoms with E-state index in [2.05, 4.69) is 20.8 Å². The number of carbonyl (C=O) groups excluding carboxylic acids is 2. The number of hydrogen-bond donors (Lipinski definition) is 2. The Morgan fingerprint density at radius 1 is 0.933 bits per heavy atom. The second-order valence-electron chi connectivity index (χ2n) is 6.89. The Morgan fingerprint density at radius 2 is 1.57 bits per heavy atom. The SMILES string of the molecule is C/C(CC(=O)NCc1cccnc1)=N\NC(=O)C(c1ccccc1)c1ccccc1. The minimum absolute atomic E-state index is 0.0991. The van der Waals surface area contributed by atoms with Crippen molar-refractivity contribution in [2.75, 3.05) is 0 Å². The summed E-state index contributed by atoms with van der Waals surface area (Å²) in [5, 5.41) is 6.95. The summed E-state index contributed by atoms with van der Waals surface area (Å²) in [4.78, 5) is 29.1. The Balaban J connectivity index is 1.61. The predicted molar refractivity (Wildman–Crippen MR) is 117 cm³/mol. The summed E-state index contributed by atoms with van der Waals surface area (Å²) in [6.45, 7) is 2.11. The lowest BCUT2D eigenvalue weighted by Gasteiger charge is -2.16. The van der Waals surface area contributed by atoms with Crippen LogP contribution < -0.4 is 10.7 Å². The summed E-state index contributed by atoms with van der Waals surface area (Å²) in [7, 11) is 0. The molecule has 6 nitrogen and oxygen atoms in total. The molecule has 152 valence electrons. The Morgan fingerprint density at radius 3 is 2.13 bits per heavy atom. The van der Waals surface area contributed by atoms with Gasteiger partial charge < -0.3 is 5.32 Å². The maximum absolute atomic E-state index is 12.9. The van der Waals surface area contributed by atoms with E-state index < -0.39 is 5.92 Å². The highest BCUT2D eigenvalue weighted by Crippen LogP contribution is 2.24. The number of rotatable bonds is 8. The summed E-state index contributed by atoms with van der Waals surface area (Å²) >= 11 is 0. The van der Waals surface area contributed by atoms with Crippen LogP contribution in [0.15, 0.2) is 90.3 Å². The van der Waals surface area contributed by atoms with Gasteiger partial charge in [0.05, 0.1) is 12.3 Å². The Kier molecular flexibility index (Phi) is 7.44. The van der Waals surface area contributed by atoms with Crippen molar-refractivity contribution in [1.82, 2.24) is 15.7 Å². The number of hydrazone groups is 1. The lowest BCUT2D eigenvalue weighted by Crippen LogP contribution is -2.29. The molecule has 1 aromatic heterocycles. The van der Waals surface area contributed by atoms with Gasteiger partial charge in [0, 0.05) is 24.7 Å². The van der Waals surface area contributed by atoms with Crippen LogP contribution >= 0.6 is 0 Å². The van der Waals surface area contributed by atoms with Gasteiger partial charge in [0.1, 0.15) is 0 Å². The molecule has 2 amide bonds. The van der Waals surface area contributed by atoms with Crippen LogP contribution in [0, 0.1) is 0 Å². The standard InChI is InChI=1S/C24H24N4O2/c1-18(15-22(29)26-17-19-9-8-14-25-16-19)27-28-24(30)23(20-10-4-2-5-11-20)21-12-6-3-7-13-21/h2-14,16,23H,15,17H2,1H3,(H,26,29)(H,28,30)/b27-18+. The average Bonchev–Trinajstić information content (AvgIpc) is 2.79. The maximum atomic E-state index is 12.9. The van der Waals surface area contributed by atoms with Crippen molar-refractivity contribution in [3.05, 3.63) is 102 Å². The van der Waals surface area contributed by atoms with Crippen molar-refractivity contribution in [3.63, 3.8) is 0 Å². The quantitative estimate of drug-likeness (QED) is 0.449. The monoisotopic (exact) mass is 400 g/mol. The van der Waals surface area contributed by atoms with Gasteiger partial charge in [0.15, 0.2) is 0 Å². The Labute approximate surface area is 176 Å². The smallest absolute Gasteiger partial charge is 0.252 e. The van der Waals surface area contributed by atoms with Crippen LogP contribution in [0.25, 0.3) is 0 Å². The van der Waals surface area contributed by atoms with Gasteiger partial charge in [-0.3, -0.25) is 14.6 Å². The molecule has 0 atom stereocenters. The molecule has 0 unspecified atom stereocenters. The van der Waals surface area contributed by atoms with Gasteiger partial charge in [0.25, 0.3) is 5.91 Å². The zero-order chi connectivity index (χ0) is 21.2. The molecule has 30 heavy (non-hydrogen) atoms. The predicted octanol–water partition coefficient (Wildman–Crippen LogP) is 3.41. The molecule has 0 saturated carbocycles. The number of pyridine rings is 1. The van der Waals surface area contributed by atoms with Crippen molar-refractivity contribution in [1.29, 1.82) is 0 Å². The van der Waals surface area contributed by atoms with Gasteiger partial charge in [-0.25, -0.2) is 5.43 Å². The van der Waals surface area contributed by atoms with E-state index in [4.69, 9.17) is 0 Å². The second-order valence-corrected chi connectivity index (χ2v) is 6.89. The normalized spacial score (nSPS) is 11.2. The third kappa shape index (κ3) is 6.10. The molecule has 0 radical (unpaired) electrons. The first-order valence-corrected chi connectivity index (χ1v) is 9.72. The van der Waals surface area contributed by atoms with Crippen molar-refractivity contribution in [2.24, 2.45) is 5.10 Å². The van der Waals surface area contributed by atoms with Gasteiger partial charge in [-0.2, -0.15) is 5.10 Å². The fourth-order valence-corrected chi connectivity index (χ4v) is 3.04. The third-order valence-electron chi connectivity index (χ3n) is 4.51. The lowest BCUT2D eigenvalue weighted by molar-refractivity contribution is -0.122. The van der Waals surface area contributed by atoms with E-state index in [1.54, 1.807) is 19.3 Å². The third-order valence-corrected chi connectivity index (χ3v) is 4.51. The van der Waals surface area contributed by atoms with E-state index in [9.17, 15) is 9.59 Å². The summed E-state index contributed by atoms with van der Waals surface area (Å²) in [5.41, 5.74) is 5.81. The number of benzene rings is 2. The fourth-order valence-electron chi connectivity index (χ4n) is 3.04. The molecule has 2 aromatic carbocycles. The minimum Gasteiger partial charge on any atom is -0.352 e. The molecule has 0 aliphatic heterocycles. The van der Waals surface area contributed by atoms with E-state index in [1.165, 1.54) is 0 Å². The fraction of sp³-hybridized carbons (Fsp3) is 0.167. The van der Waals surface area contributed by atoms with E-state index in [0.29, 0.717) is 12.3 Å². The van der Waals surface area contributed by atoms with E-state index >= 15 is 0 Å². The lowest BCUT2D eigenvalue weighted by atomic mass is 9.91. The molecule has 0 spiro atoms. The number of hydrogen-bond acceptors (Lipinski definition) is 4. The molecule has 6 heteroatoms. The molecule has 0 aliphatic carbocycles. The first-order valence-electron chi connectivity index (χ1n) is 9.72. The van der Waals surface area contributed by atoms with Crippen LogP contribution in [0.3, 0.4) is 0 Å². The largest absolute Gasteiger partial charge is 0.352 e. The molecule has 1 heterocycles. The van der Waals surface area contributed by atoms with Gasteiger partial charge in [-0.15, -0.1) is 0 Å². The Bertz CT molecular complexity index is 950. The molecule has 3 aromatic rings. The zero-order valence-corrected chi connectivity index (χ0v) is 16.8. The highest BCUT2D eigenvalue weighted by Gasteiger charge is 2.22. The molecule has 0 saturated heterocycles. The van der Waals surface area contributed by atoms with Gasteiger partial charge >= 0.3 is 0 Å². The molecule has 3 rings (SSSR count). The van der Waals surface area contributed by atoms with Crippen LogP contribution in [-0.2, 0) is 16.1 Å². The van der Waals surface area contributed by atoms with Crippen molar-refractivity contribution >= 4 is 17.5 Å². The molecule has 2 N–H and O–H groups in total. The highest BCUT2D eigenvalue weighted by molar-refractivity contribution is 6.00. The van der Waals surface area contributed by atoms with Crippen LogP contribution in [0.4, 0.5) is 0 Å². The zero-order valence-electron chi connectivity index (χ0n) is 16.8. The number of nitrogens with zero attached hydrogens (tertiary/aromatic N) is 2. The number of nitrogens with one attached hydrogen (secondary N) is 2. The van der Waals surface area contributed by atoms with Crippen LogP contribution in [0.1, 0.15) is 36.0 Å². The molecular formula is C24H24N4O2. The van der Waals surface area contributed by atoms with Crippen molar-refractivity contribution < 1.29 is 9.59 Å². The van der Waals surface area contributed by atoms with Crippen LogP contribution in [-0.4, -0.2) is 22.5 Å². The molecule has 0 fully saturated rings.